The number of aryl methyl sites for hydroxylation is 1. The first-order valence-corrected chi connectivity index (χ1v) is 11.8. The van der Waals surface area contributed by atoms with Crippen LogP contribution in [0.1, 0.15) is 39.9 Å². The van der Waals surface area contributed by atoms with E-state index in [0.717, 1.165) is 60.7 Å². The Balaban J connectivity index is 1.37. The van der Waals surface area contributed by atoms with Crippen LogP contribution in [0.2, 0.25) is 0 Å². The van der Waals surface area contributed by atoms with Crippen molar-refractivity contribution < 1.29 is 14.7 Å². The standard InChI is InChI=1S/C24H27N3O3S/c28-23(29)14-18-3-4-19-7-8-22(15-21(19)13-18)26-24(30)20-5-1-17(2-6-20)16-25-27-9-11-31-12-10-27/h1-2,5-8,15-16,18H,3-4,9-14H2,(H,26,30)(H,28,29). The van der Waals surface area contributed by atoms with Crippen molar-refractivity contribution in [1.29, 1.82) is 0 Å². The second-order valence-electron chi connectivity index (χ2n) is 8.08. The fraction of sp³-hybridized carbons (Fsp3) is 0.375. The highest BCUT2D eigenvalue weighted by atomic mass is 32.2. The van der Waals surface area contributed by atoms with E-state index in [9.17, 15) is 9.59 Å². The van der Waals surface area contributed by atoms with Crippen molar-refractivity contribution in [3.05, 3.63) is 64.7 Å². The molecule has 2 N–H and O–H groups in total. The number of hydrogen-bond acceptors (Lipinski definition) is 5. The first kappa shape index (κ1) is 21.4. The van der Waals surface area contributed by atoms with Crippen LogP contribution in [0, 0.1) is 5.92 Å². The van der Waals surface area contributed by atoms with Crippen LogP contribution in [-0.2, 0) is 17.6 Å². The molecule has 1 aliphatic heterocycles. The van der Waals surface area contributed by atoms with E-state index in [1.807, 2.05) is 60.4 Å². The SMILES string of the molecule is O=C(O)CC1CCc2ccc(NC(=O)c3ccc(C=NN4CCSCC4)cc3)cc2C1. The molecule has 1 atom stereocenters. The summed E-state index contributed by atoms with van der Waals surface area (Å²) in [5.41, 5.74) is 4.68. The Labute approximate surface area is 186 Å². The summed E-state index contributed by atoms with van der Waals surface area (Å²) in [6.45, 7) is 1.94. The number of carbonyl (C=O) groups is 2. The number of nitrogens with zero attached hydrogens (tertiary/aromatic N) is 2. The van der Waals surface area contributed by atoms with Crippen molar-refractivity contribution >= 4 is 35.5 Å². The van der Waals surface area contributed by atoms with Gasteiger partial charge in [0.25, 0.3) is 5.91 Å². The molecule has 7 heteroatoms. The fourth-order valence-electron chi connectivity index (χ4n) is 4.07. The Kier molecular flexibility index (Phi) is 6.92. The molecule has 2 aliphatic rings. The van der Waals surface area contributed by atoms with Gasteiger partial charge < -0.3 is 10.4 Å². The molecule has 1 aliphatic carbocycles. The quantitative estimate of drug-likeness (QED) is 0.670. The van der Waals surface area contributed by atoms with Gasteiger partial charge in [-0.1, -0.05) is 18.2 Å². The smallest absolute Gasteiger partial charge is 0.303 e. The zero-order valence-corrected chi connectivity index (χ0v) is 18.2. The highest BCUT2D eigenvalue weighted by Crippen LogP contribution is 2.29. The number of aliphatic carboxylic acids is 1. The fourth-order valence-corrected chi connectivity index (χ4v) is 4.96. The highest BCUT2D eigenvalue weighted by Gasteiger charge is 2.21. The van der Waals surface area contributed by atoms with Crippen LogP contribution in [-0.4, -0.2) is 52.8 Å². The Morgan fingerprint density at radius 2 is 1.90 bits per heavy atom. The van der Waals surface area contributed by atoms with Crippen molar-refractivity contribution in [3.63, 3.8) is 0 Å². The van der Waals surface area contributed by atoms with Crippen molar-refractivity contribution in [2.75, 3.05) is 29.9 Å². The minimum absolute atomic E-state index is 0.158. The lowest BCUT2D eigenvalue weighted by Gasteiger charge is -2.24. The molecular weight excluding hydrogens is 410 g/mol. The monoisotopic (exact) mass is 437 g/mol. The summed E-state index contributed by atoms with van der Waals surface area (Å²) in [6, 6.07) is 13.4. The lowest BCUT2D eigenvalue weighted by molar-refractivity contribution is -0.138. The second kappa shape index (κ2) is 10.0. The number of hydrazone groups is 1. The molecule has 1 unspecified atom stereocenters. The van der Waals surface area contributed by atoms with Crippen LogP contribution >= 0.6 is 11.8 Å². The van der Waals surface area contributed by atoms with Gasteiger partial charge in [0, 0.05) is 42.3 Å². The van der Waals surface area contributed by atoms with E-state index < -0.39 is 5.97 Å². The predicted octanol–water partition coefficient (Wildman–Crippen LogP) is 3.90. The number of anilines is 1. The zero-order chi connectivity index (χ0) is 21.6. The van der Waals surface area contributed by atoms with Crippen molar-refractivity contribution in [1.82, 2.24) is 5.01 Å². The van der Waals surface area contributed by atoms with Crippen molar-refractivity contribution in [2.24, 2.45) is 11.0 Å². The highest BCUT2D eigenvalue weighted by molar-refractivity contribution is 7.99. The normalized spacial score (nSPS) is 18.6. The summed E-state index contributed by atoms with van der Waals surface area (Å²) in [5, 5.41) is 18.6. The van der Waals surface area contributed by atoms with E-state index >= 15 is 0 Å². The maximum Gasteiger partial charge on any atom is 0.303 e. The molecule has 1 amide bonds. The van der Waals surface area contributed by atoms with Crippen LogP contribution in [0.3, 0.4) is 0 Å². The first-order chi connectivity index (χ1) is 15.1. The van der Waals surface area contributed by atoms with Gasteiger partial charge in [-0.2, -0.15) is 16.9 Å². The van der Waals surface area contributed by atoms with Crippen LogP contribution in [0.4, 0.5) is 5.69 Å². The van der Waals surface area contributed by atoms with Crippen molar-refractivity contribution in [3.8, 4) is 0 Å². The maximum absolute atomic E-state index is 12.7. The summed E-state index contributed by atoms with van der Waals surface area (Å²) >= 11 is 1.95. The lowest BCUT2D eigenvalue weighted by atomic mass is 9.82. The molecule has 31 heavy (non-hydrogen) atoms. The third-order valence-electron chi connectivity index (χ3n) is 5.79. The van der Waals surface area contributed by atoms with Gasteiger partial charge >= 0.3 is 5.97 Å². The van der Waals surface area contributed by atoms with E-state index in [2.05, 4.69) is 15.4 Å². The van der Waals surface area contributed by atoms with Gasteiger partial charge in [0.1, 0.15) is 0 Å². The summed E-state index contributed by atoms with van der Waals surface area (Å²) in [6.07, 6.45) is 4.57. The van der Waals surface area contributed by atoms with Crippen LogP contribution in [0.25, 0.3) is 0 Å². The minimum Gasteiger partial charge on any atom is -0.481 e. The predicted molar refractivity (Wildman–Crippen MR) is 125 cm³/mol. The molecule has 1 fully saturated rings. The topological polar surface area (TPSA) is 82.0 Å². The van der Waals surface area contributed by atoms with E-state index in [1.54, 1.807) is 0 Å². The number of carbonyl (C=O) groups excluding carboxylic acids is 1. The number of hydrogen-bond donors (Lipinski definition) is 2. The number of rotatable bonds is 6. The van der Waals surface area contributed by atoms with Gasteiger partial charge in [-0.25, -0.2) is 0 Å². The summed E-state index contributed by atoms with van der Waals surface area (Å²) in [7, 11) is 0. The van der Waals surface area contributed by atoms with Gasteiger partial charge in [0.2, 0.25) is 0 Å². The van der Waals surface area contributed by atoms with Gasteiger partial charge in [-0.3, -0.25) is 14.6 Å². The molecule has 1 saturated heterocycles. The Morgan fingerprint density at radius 1 is 1.13 bits per heavy atom. The van der Waals surface area contributed by atoms with Gasteiger partial charge in [0.05, 0.1) is 6.21 Å². The van der Waals surface area contributed by atoms with E-state index in [0.29, 0.717) is 5.56 Å². The number of thioether (sulfide) groups is 1. The molecule has 2 aromatic carbocycles. The molecule has 1 heterocycles. The third-order valence-corrected chi connectivity index (χ3v) is 6.73. The zero-order valence-electron chi connectivity index (χ0n) is 17.4. The van der Waals surface area contributed by atoms with E-state index in [1.165, 1.54) is 5.56 Å². The third kappa shape index (κ3) is 5.88. The summed E-state index contributed by atoms with van der Waals surface area (Å²) < 4.78 is 0. The molecule has 162 valence electrons. The number of benzene rings is 2. The molecule has 6 nitrogen and oxygen atoms in total. The first-order valence-electron chi connectivity index (χ1n) is 10.7. The van der Waals surface area contributed by atoms with Gasteiger partial charge in [-0.15, -0.1) is 0 Å². The largest absolute Gasteiger partial charge is 0.481 e. The Bertz CT molecular complexity index is 969. The summed E-state index contributed by atoms with van der Waals surface area (Å²) in [5.74, 6) is 1.48. The Morgan fingerprint density at radius 3 is 2.65 bits per heavy atom. The number of fused-ring (bicyclic) bond motifs is 1. The summed E-state index contributed by atoms with van der Waals surface area (Å²) in [4.78, 5) is 23.7. The molecular formula is C24H27N3O3S. The average molecular weight is 438 g/mol. The van der Waals surface area contributed by atoms with Crippen LogP contribution in [0.15, 0.2) is 47.6 Å². The van der Waals surface area contributed by atoms with Gasteiger partial charge in [0.15, 0.2) is 0 Å². The second-order valence-corrected chi connectivity index (χ2v) is 9.30. The van der Waals surface area contributed by atoms with Crippen molar-refractivity contribution in [2.45, 2.75) is 25.7 Å². The number of nitrogens with one attached hydrogen (secondary N) is 1. The molecule has 0 spiro atoms. The number of amides is 1. The molecule has 0 aromatic heterocycles. The van der Waals surface area contributed by atoms with Gasteiger partial charge in [-0.05, 0) is 66.1 Å². The maximum atomic E-state index is 12.7. The molecule has 4 rings (SSSR count). The average Bonchev–Trinajstić information content (AvgIpc) is 2.78. The molecule has 2 aromatic rings. The van der Waals surface area contributed by atoms with Crippen LogP contribution < -0.4 is 5.32 Å². The molecule has 0 saturated carbocycles. The molecule has 0 radical (unpaired) electrons. The molecule has 0 bridgehead atoms. The minimum atomic E-state index is -0.749. The number of carboxylic acid groups (broad SMARTS) is 1. The number of carboxylic acids is 1. The Hall–Kier alpha value is -2.80. The van der Waals surface area contributed by atoms with E-state index in [-0.39, 0.29) is 18.2 Å². The van der Waals surface area contributed by atoms with E-state index in [4.69, 9.17) is 5.11 Å². The lowest BCUT2D eigenvalue weighted by Crippen LogP contribution is -2.27. The van der Waals surface area contributed by atoms with Crippen LogP contribution in [0.5, 0.6) is 0 Å².